The van der Waals surface area contributed by atoms with Crippen LogP contribution in [0.4, 0.5) is 4.39 Å². The van der Waals surface area contributed by atoms with Crippen LogP contribution in [-0.2, 0) is 11.3 Å². The van der Waals surface area contributed by atoms with Crippen molar-refractivity contribution in [2.75, 3.05) is 0 Å². The molecule has 1 N–H and O–H groups in total. The summed E-state index contributed by atoms with van der Waals surface area (Å²) in [6, 6.07) is 6.08. The van der Waals surface area contributed by atoms with E-state index in [0.717, 1.165) is 19.3 Å². The summed E-state index contributed by atoms with van der Waals surface area (Å²) in [6.45, 7) is 2.21. The van der Waals surface area contributed by atoms with Crippen molar-refractivity contribution in [1.29, 1.82) is 0 Å². The van der Waals surface area contributed by atoms with Crippen LogP contribution < -0.4 is 5.32 Å². The molecule has 2 aromatic rings. The van der Waals surface area contributed by atoms with Gasteiger partial charge in [0.15, 0.2) is 0 Å². The number of tetrazole rings is 1. The van der Waals surface area contributed by atoms with E-state index in [9.17, 15) is 9.18 Å². The molecule has 0 spiro atoms. The summed E-state index contributed by atoms with van der Waals surface area (Å²) in [5.74, 6) is 0.462. The minimum Gasteiger partial charge on any atom is -0.351 e. The van der Waals surface area contributed by atoms with Crippen molar-refractivity contribution in [2.24, 2.45) is 5.92 Å². The summed E-state index contributed by atoms with van der Waals surface area (Å²) in [6.07, 6.45) is 4.57. The maximum Gasteiger partial charge on any atom is 0.243 e. The Morgan fingerprint density at radius 3 is 2.78 bits per heavy atom. The number of aromatic nitrogens is 4. The van der Waals surface area contributed by atoms with Crippen LogP contribution in [0.25, 0.3) is 11.4 Å². The number of benzene rings is 1. The molecule has 2 atom stereocenters. The number of carbonyl (C=O) groups is 1. The largest absolute Gasteiger partial charge is 0.351 e. The predicted molar refractivity (Wildman–Crippen MR) is 82.8 cm³/mol. The van der Waals surface area contributed by atoms with E-state index in [-0.39, 0.29) is 24.3 Å². The summed E-state index contributed by atoms with van der Waals surface area (Å²) in [4.78, 5) is 13.4. The van der Waals surface area contributed by atoms with Gasteiger partial charge in [0.1, 0.15) is 12.4 Å². The minimum absolute atomic E-state index is 0.0391. The van der Waals surface area contributed by atoms with Gasteiger partial charge in [-0.3, -0.25) is 4.79 Å². The van der Waals surface area contributed by atoms with Gasteiger partial charge in [0, 0.05) is 11.6 Å². The third-order valence-electron chi connectivity index (χ3n) is 4.30. The maximum atomic E-state index is 12.9. The van der Waals surface area contributed by atoms with E-state index in [0.29, 0.717) is 17.3 Å². The summed E-state index contributed by atoms with van der Waals surface area (Å²) < 4.78 is 12.9. The first-order valence-corrected chi connectivity index (χ1v) is 7.95. The van der Waals surface area contributed by atoms with Crippen molar-refractivity contribution in [3.05, 3.63) is 30.1 Å². The number of nitrogens with zero attached hydrogens (tertiary/aromatic N) is 4. The highest BCUT2D eigenvalue weighted by Gasteiger charge is 2.23. The average molecular weight is 317 g/mol. The van der Waals surface area contributed by atoms with E-state index in [1.54, 1.807) is 12.1 Å². The van der Waals surface area contributed by atoms with Gasteiger partial charge in [-0.05, 0) is 48.2 Å². The Balaban J connectivity index is 1.60. The lowest BCUT2D eigenvalue weighted by atomic mass is 9.86. The highest BCUT2D eigenvalue weighted by Crippen LogP contribution is 2.23. The highest BCUT2D eigenvalue weighted by atomic mass is 19.1. The lowest BCUT2D eigenvalue weighted by Crippen LogP contribution is -2.42. The van der Waals surface area contributed by atoms with Crippen LogP contribution >= 0.6 is 0 Å². The lowest BCUT2D eigenvalue weighted by Gasteiger charge is -2.29. The smallest absolute Gasteiger partial charge is 0.243 e. The van der Waals surface area contributed by atoms with Gasteiger partial charge in [0.25, 0.3) is 0 Å². The topological polar surface area (TPSA) is 72.7 Å². The van der Waals surface area contributed by atoms with Crippen molar-refractivity contribution in [3.8, 4) is 11.4 Å². The Hall–Kier alpha value is -2.31. The molecule has 23 heavy (non-hydrogen) atoms. The molecule has 0 saturated heterocycles. The maximum absolute atomic E-state index is 12.9. The van der Waals surface area contributed by atoms with Gasteiger partial charge in [0.05, 0.1) is 0 Å². The molecule has 7 heteroatoms. The Morgan fingerprint density at radius 1 is 1.30 bits per heavy atom. The zero-order valence-corrected chi connectivity index (χ0v) is 13.1. The van der Waals surface area contributed by atoms with Crippen LogP contribution in [0.3, 0.4) is 0 Å². The molecule has 1 heterocycles. The van der Waals surface area contributed by atoms with Gasteiger partial charge < -0.3 is 5.32 Å². The molecule has 1 aromatic heterocycles. The monoisotopic (exact) mass is 317 g/mol. The van der Waals surface area contributed by atoms with Gasteiger partial charge in [-0.2, -0.15) is 4.80 Å². The van der Waals surface area contributed by atoms with E-state index >= 15 is 0 Å². The van der Waals surface area contributed by atoms with Crippen molar-refractivity contribution in [2.45, 2.75) is 45.2 Å². The van der Waals surface area contributed by atoms with Crippen LogP contribution in [0, 0.1) is 11.7 Å². The predicted octanol–water partition coefficient (Wildman–Crippen LogP) is 2.17. The van der Waals surface area contributed by atoms with Crippen molar-refractivity contribution in [3.63, 3.8) is 0 Å². The number of amides is 1. The van der Waals surface area contributed by atoms with Gasteiger partial charge >= 0.3 is 0 Å². The minimum atomic E-state index is -0.317. The first-order chi connectivity index (χ1) is 11.1. The fourth-order valence-corrected chi connectivity index (χ4v) is 2.94. The number of rotatable bonds is 4. The molecular weight excluding hydrogens is 297 g/mol. The van der Waals surface area contributed by atoms with E-state index in [1.165, 1.54) is 23.4 Å². The molecular formula is C16H20FN5O. The molecule has 1 saturated carbocycles. The molecule has 1 fully saturated rings. The Morgan fingerprint density at radius 2 is 2.04 bits per heavy atom. The molecule has 0 aliphatic heterocycles. The van der Waals surface area contributed by atoms with Gasteiger partial charge in [-0.1, -0.05) is 19.8 Å². The standard InChI is InChI=1S/C16H20FN5O/c1-11-4-2-3-5-14(11)18-15(23)10-22-20-16(19-21-22)12-6-8-13(17)9-7-12/h6-9,11,14H,2-5,10H2,1H3,(H,18,23)/t11-,14-/m1/s1. The Kier molecular flexibility index (Phi) is 4.64. The quantitative estimate of drug-likeness (QED) is 0.938. The summed E-state index contributed by atoms with van der Waals surface area (Å²) in [5.41, 5.74) is 0.666. The molecule has 1 amide bonds. The molecule has 1 aliphatic rings. The first-order valence-electron chi connectivity index (χ1n) is 7.95. The van der Waals surface area contributed by atoms with Crippen LogP contribution in [0.2, 0.25) is 0 Å². The second-order valence-electron chi connectivity index (χ2n) is 6.09. The third kappa shape index (κ3) is 3.91. The molecule has 122 valence electrons. The average Bonchev–Trinajstić information content (AvgIpc) is 2.98. The number of halogens is 1. The molecule has 1 aliphatic carbocycles. The molecule has 0 bridgehead atoms. The second kappa shape index (κ2) is 6.85. The Bertz CT molecular complexity index is 669. The fraction of sp³-hybridized carbons (Fsp3) is 0.500. The highest BCUT2D eigenvalue weighted by molar-refractivity contribution is 5.75. The SMILES string of the molecule is C[C@@H]1CCCC[C@H]1NC(=O)Cn1nnc(-c2ccc(F)cc2)n1. The number of hydrogen-bond acceptors (Lipinski definition) is 4. The van der Waals surface area contributed by atoms with Gasteiger partial charge in [0.2, 0.25) is 11.7 Å². The lowest BCUT2D eigenvalue weighted by molar-refractivity contribution is -0.123. The fourth-order valence-electron chi connectivity index (χ4n) is 2.94. The van der Waals surface area contributed by atoms with Crippen molar-refractivity contribution in [1.82, 2.24) is 25.5 Å². The van der Waals surface area contributed by atoms with Crippen molar-refractivity contribution >= 4 is 5.91 Å². The zero-order chi connectivity index (χ0) is 16.2. The van der Waals surface area contributed by atoms with Gasteiger partial charge in [-0.25, -0.2) is 4.39 Å². The third-order valence-corrected chi connectivity index (χ3v) is 4.30. The Labute approximate surface area is 134 Å². The van der Waals surface area contributed by atoms with E-state index < -0.39 is 0 Å². The normalized spacial score (nSPS) is 21.1. The van der Waals surface area contributed by atoms with Crippen LogP contribution in [0.5, 0.6) is 0 Å². The van der Waals surface area contributed by atoms with E-state index in [1.807, 2.05) is 0 Å². The summed E-state index contributed by atoms with van der Waals surface area (Å²) >= 11 is 0. The number of hydrogen-bond donors (Lipinski definition) is 1. The number of nitrogens with one attached hydrogen (secondary N) is 1. The zero-order valence-electron chi connectivity index (χ0n) is 13.1. The summed E-state index contributed by atoms with van der Waals surface area (Å²) in [7, 11) is 0. The molecule has 6 nitrogen and oxygen atoms in total. The van der Waals surface area contributed by atoms with Crippen LogP contribution in [-0.4, -0.2) is 32.2 Å². The first kappa shape index (κ1) is 15.6. The van der Waals surface area contributed by atoms with E-state index in [2.05, 4.69) is 27.7 Å². The van der Waals surface area contributed by atoms with Crippen LogP contribution in [0.15, 0.2) is 24.3 Å². The molecule has 1 aromatic carbocycles. The number of carbonyl (C=O) groups excluding carboxylic acids is 1. The van der Waals surface area contributed by atoms with Gasteiger partial charge in [-0.15, -0.1) is 10.2 Å². The summed E-state index contributed by atoms with van der Waals surface area (Å²) in [5, 5.41) is 15.0. The molecule has 0 unspecified atom stereocenters. The molecule has 0 radical (unpaired) electrons. The van der Waals surface area contributed by atoms with Crippen LogP contribution in [0.1, 0.15) is 32.6 Å². The van der Waals surface area contributed by atoms with E-state index in [4.69, 9.17) is 0 Å². The van der Waals surface area contributed by atoms with Crippen molar-refractivity contribution < 1.29 is 9.18 Å². The second-order valence-corrected chi connectivity index (χ2v) is 6.09. The molecule has 3 rings (SSSR count).